The first-order valence-electron chi connectivity index (χ1n) is 2.57. The van der Waals surface area contributed by atoms with E-state index in [0.717, 1.165) is 0 Å². The molecule has 5 heteroatoms. The van der Waals surface area contributed by atoms with Crippen molar-refractivity contribution in [2.24, 2.45) is 5.73 Å². The minimum atomic E-state index is -0.310. The van der Waals surface area contributed by atoms with Gasteiger partial charge in [-0.05, 0) is 6.07 Å². The van der Waals surface area contributed by atoms with Crippen LogP contribution < -0.4 is 5.73 Å². The van der Waals surface area contributed by atoms with Gasteiger partial charge in [-0.3, -0.25) is 5.41 Å². The molecule has 10 heavy (non-hydrogen) atoms. The fourth-order valence-electron chi connectivity index (χ4n) is 0.535. The summed E-state index contributed by atoms with van der Waals surface area (Å²) < 4.78 is 0. The molecule has 0 radical (unpaired) electrons. The number of rotatable bonds is 1. The van der Waals surface area contributed by atoms with E-state index < -0.39 is 0 Å². The lowest BCUT2D eigenvalue weighted by Gasteiger charge is -1.96. The van der Waals surface area contributed by atoms with Gasteiger partial charge in [0, 0.05) is 0 Å². The Morgan fingerprint density at radius 1 is 1.70 bits per heavy atom. The maximum absolute atomic E-state index is 8.89. The van der Waals surface area contributed by atoms with Gasteiger partial charge in [-0.2, -0.15) is 5.10 Å². The average Bonchev–Trinajstić information content (AvgIpc) is 1.88. The van der Waals surface area contributed by atoms with Gasteiger partial charge in [0.1, 0.15) is 5.84 Å². The summed E-state index contributed by atoms with van der Waals surface area (Å²) in [6.07, 6.45) is 1.36. The molecule has 0 fully saturated rings. The SMILES string of the molecule is N=C(N)c1ccnnc1O. The van der Waals surface area contributed by atoms with E-state index in [9.17, 15) is 0 Å². The summed E-state index contributed by atoms with van der Waals surface area (Å²) in [5.41, 5.74) is 5.27. The summed E-state index contributed by atoms with van der Waals surface area (Å²) in [6, 6.07) is 1.42. The fourth-order valence-corrected chi connectivity index (χ4v) is 0.535. The van der Waals surface area contributed by atoms with Crippen LogP contribution in [0.15, 0.2) is 12.3 Å². The maximum Gasteiger partial charge on any atom is 0.242 e. The lowest BCUT2D eigenvalue weighted by Crippen LogP contribution is -2.11. The maximum atomic E-state index is 8.89. The highest BCUT2D eigenvalue weighted by molar-refractivity contribution is 5.96. The van der Waals surface area contributed by atoms with E-state index in [0.29, 0.717) is 0 Å². The van der Waals surface area contributed by atoms with Gasteiger partial charge >= 0.3 is 0 Å². The molecule has 0 atom stereocenters. The zero-order chi connectivity index (χ0) is 7.56. The molecular weight excluding hydrogens is 132 g/mol. The van der Waals surface area contributed by atoms with E-state index in [1.54, 1.807) is 0 Å². The number of aromatic hydroxyl groups is 1. The van der Waals surface area contributed by atoms with Gasteiger partial charge in [0.15, 0.2) is 0 Å². The topological polar surface area (TPSA) is 95.9 Å². The van der Waals surface area contributed by atoms with Crippen LogP contribution in [0.2, 0.25) is 0 Å². The van der Waals surface area contributed by atoms with E-state index in [1.807, 2.05) is 0 Å². The molecular formula is C5H6N4O. The Morgan fingerprint density at radius 3 is 2.80 bits per heavy atom. The molecule has 0 spiro atoms. The van der Waals surface area contributed by atoms with Gasteiger partial charge in [0.05, 0.1) is 11.8 Å². The van der Waals surface area contributed by atoms with Crippen molar-refractivity contribution in [1.29, 1.82) is 5.41 Å². The summed E-state index contributed by atoms with van der Waals surface area (Å²) in [5.74, 6) is -0.526. The van der Waals surface area contributed by atoms with Crippen molar-refractivity contribution < 1.29 is 5.11 Å². The molecule has 1 aromatic heterocycles. The van der Waals surface area contributed by atoms with Crippen molar-refractivity contribution in [2.75, 3.05) is 0 Å². The van der Waals surface area contributed by atoms with Crippen molar-refractivity contribution in [3.05, 3.63) is 17.8 Å². The van der Waals surface area contributed by atoms with Crippen LogP contribution in [0.1, 0.15) is 5.56 Å². The van der Waals surface area contributed by atoms with E-state index >= 15 is 0 Å². The molecule has 1 rings (SSSR count). The number of amidine groups is 1. The normalized spacial score (nSPS) is 9.20. The third-order valence-corrected chi connectivity index (χ3v) is 0.991. The van der Waals surface area contributed by atoms with Crippen LogP contribution in [-0.2, 0) is 0 Å². The Hall–Kier alpha value is -1.65. The van der Waals surface area contributed by atoms with Gasteiger partial charge in [-0.25, -0.2) is 0 Å². The van der Waals surface area contributed by atoms with Crippen molar-refractivity contribution in [2.45, 2.75) is 0 Å². The summed E-state index contributed by atoms with van der Waals surface area (Å²) >= 11 is 0. The Labute approximate surface area is 57.0 Å². The summed E-state index contributed by atoms with van der Waals surface area (Å²) in [5, 5.41) is 22.5. The molecule has 0 aliphatic heterocycles. The van der Waals surface area contributed by atoms with Crippen LogP contribution in [-0.4, -0.2) is 21.1 Å². The first-order chi connectivity index (χ1) is 4.72. The minimum Gasteiger partial charge on any atom is -0.492 e. The first kappa shape index (κ1) is 6.47. The van der Waals surface area contributed by atoms with Crippen molar-refractivity contribution >= 4 is 5.84 Å². The van der Waals surface area contributed by atoms with Crippen LogP contribution in [0.5, 0.6) is 5.88 Å². The smallest absolute Gasteiger partial charge is 0.242 e. The zero-order valence-electron chi connectivity index (χ0n) is 5.07. The Morgan fingerprint density at radius 2 is 2.40 bits per heavy atom. The number of nitrogens with two attached hydrogens (primary N) is 1. The van der Waals surface area contributed by atoms with E-state index in [1.165, 1.54) is 12.3 Å². The third-order valence-electron chi connectivity index (χ3n) is 0.991. The van der Waals surface area contributed by atoms with Crippen LogP contribution >= 0.6 is 0 Å². The first-order valence-corrected chi connectivity index (χ1v) is 2.57. The van der Waals surface area contributed by atoms with E-state index in [-0.39, 0.29) is 17.3 Å². The number of nitrogen functional groups attached to an aromatic ring is 1. The number of nitrogens with one attached hydrogen (secondary N) is 1. The summed E-state index contributed by atoms with van der Waals surface area (Å²) in [7, 11) is 0. The third kappa shape index (κ3) is 1.02. The van der Waals surface area contributed by atoms with Gasteiger partial charge in [-0.1, -0.05) is 0 Å². The summed E-state index contributed by atoms with van der Waals surface area (Å²) in [6.45, 7) is 0. The molecule has 52 valence electrons. The quantitative estimate of drug-likeness (QED) is 0.359. The largest absolute Gasteiger partial charge is 0.492 e. The van der Waals surface area contributed by atoms with E-state index in [4.69, 9.17) is 16.2 Å². The molecule has 0 bridgehead atoms. The van der Waals surface area contributed by atoms with Crippen molar-refractivity contribution in [3.63, 3.8) is 0 Å². The van der Waals surface area contributed by atoms with Crippen LogP contribution in [0, 0.1) is 5.41 Å². The molecule has 4 N–H and O–H groups in total. The summed E-state index contributed by atoms with van der Waals surface area (Å²) in [4.78, 5) is 0. The number of aromatic nitrogens is 2. The minimum absolute atomic E-state index is 0.204. The molecule has 1 aromatic rings. The Kier molecular flexibility index (Phi) is 1.49. The second kappa shape index (κ2) is 2.30. The highest BCUT2D eigenvalue weighted by Gasteiger charge is 2.02. The van der Waals surface area contributed by atoms with Gasteiger partial charge in [0.25, 0.3) is 0 Å². The molecule has 0 saturated carbocycles. The van der Waals surface area contributed by atoms with E-state index in [2.05, 4.69) is 10.2 Å². The lowest BCUT2D eigenvalue weighted by atomic mass is 10.3. The lowest BCUT2D eigenvalue weighted by molar-refractivity contribution is 0.443. The second-order valence-corrected chi connectivity index (χ2v) is 1.68. The predicted molar refractivity (Wildman–Crippen MR) is 34.7 cm³/mol. The molecule has 0 saturated heterocycles. The molecule has 0 amide bonds. The molecule has 1 heterocycles. The van der Waals surface area contributed by atoms with Gasteiger partial charge < -0.3 is 10.8 Å². The molecule has 0 aromatic carbocycles. The van der Waals surface area contributed by atoms with Crippen LogP contribution in [0.25, 0.3) is 0 Å². The van der Waals surface area contributed by atoms with Crippen molar-refractivity contribution in [3.8, 4) is 5.88 Å². The monoisotopic (exact) mass is 138 g/mol. The zero-order valence-corrected chi connectivity index (χ0v) is 5.07. The second-order valence-electron chi connectivity index (χ2n) is 1.68. The molecule has 0 unspecified atom stereocenters. The average molecular weight is 138 g/mol. The Balaban J connectivity index is 3.15. The number of nitrogens with zero attached hydrogens (tertiary/aromatic N) is 2. The highest BCUT2D eigenvalue weighted by atomic mass is 16.3. The van der Waals surface area contributed by atoms with Crippen LogP contribution in [0.3, 0.4) is 0 Å². The van der Waals surface area contributed by atoms with Gasteiger partial charge in [-0.15, -0.1) is 5.10 Å². The number of hydrogen-bond acceptors (Lipinski definition) is 4. The fraction of sp³-hybridized carbons (Fsp3) is 0. The van der Waals surface area contributed by atoms with Crippen LogP contribution in [0.4, 0.5) is 0 Å². The molecule has 5 nitrogen and oxygen atoms in total. The predicted octanol–water partition coefficient (Wildman–Crippen LogP) is -0.534. The highest BCUT2D eigenvalue weighted by Crippen LogP contribution is 2.07. The number of hydrogen-bond donors (Lipinski definition) is 3. The standard InChI is InChI=1S/C5H6N4O/c6-4(7)3-1-2-8-9-5(3)10/h1-2H,(H3,6,7)(H,9,10). The Bertz CT molecular complexity index is 260. The van der Waals surface area contributed by atoms with Gasteiger partial charge in [0.2, 0.25) is 5.88 Å². The molecule has 0 aliphatic rings. The van der Waals surface area contributed by atoms with Crippen molar-refractivity contribution in [1.82, 2.24) is 10.2 Å². The molecule has 0 aliphatic carbocycles.